The molecule has 0 radical (unpaired) electrons. The Morgan fingerprint density at radius 1 is 1.56 bits per heavy atom. The van der Waals surface area contributed by atoms with Gasteiger partial charge in [0, 0.05) is 20.1 Å². The normalized spacial score (nSPS) is 22.0. The van der Waals surface area contributed by atoms with Crippen LogP contribution in [0.2, 0.25) is 0 Å². The molecule has 0 aliphatic carbocycles. The Balaban J connectivity index is 2.17. The van der Waals surface area contributed by atoms with Gasteiger partial charge in [-0.05, 0) is 18.8 Å². The van der Waals surface area contributed by atoms with Crippen molar-refractivity contribution in [3.63, 3.8) is 0 Å². The summed E-state index contributed by atoms with van der Waals surface area (Å²) in [4.78, 5) is 0. The first kappa shape index (κ1) is 13.2. The van der Waals surface area contributed by atoms with Crippen LogP contribution in [-0.2, 0) is 17.3 Å². The fraction of sp³-hybridized carbons (Fsp3) is 0.700. The van der Waals surface area contributed by atoms with Crippen LogP contribution >= 0.6 is 0 Å². The zero-order valence-corrected chi connectivity index (χ0v) is 11.4. The number of hydrogen-bond acceptors (Lipinski definition) is 4. The Morgan fingerprint density at radius 3 is 2.83 bits per heavy atom. The number of nitrogens with one attached hydrogen (secondary N) is 1. The van der Waals surface area contributed by atoms with Crippen LogP contribution in [0.1, 0.15) is 19.8 Å². The summed E-state index contributed by atoms with van der Waals surface area (Å²) in [7, 11) is -1.90. The zero-order chi connectivity index (χ0) is 13.3. The van der Waals surface area contributed by atoms with Crippen LogP contribution in [0.25, 0.3) is 0 Å². The average Bonchev–Trinajstić information content (AvgIpc) is 2.60. The lowest BCUT2D eigenvalue weighted by Crippen LogP contribution is -2.42. The van der Waals surface area contributed by atoms with Crippen LogP contribution in [0.3, 0.4) is 0 Å². The minimum absolute atomic E-state index is 0.313. The molecule has 7 nitrogen and oxygen atoms in total. The number of anilines is 2. The number of hydrogen-bond donors (Lipinski definition) is 2. The minimum Gasteiger partial charge on any atom is -0.394 e. The summed E-state index contributed by atoms with van der Waals surface area (Å²) >= 11 is 0. The van der Waals surface area contributed by atoms with Crippen molar-refractivity contribution in [2.75, 3.05) is 23.5 Å². The first-order valence-corrected chi connectivity index (χ1v) is 7.39. The van der Waals surface area contributed by atoms with Gasteiger partial charge in [-0.15, -0.1) is 0 Å². The summed E-state index contributed by atoms with van der Waals surface area (Å²) in [5.74, 6) is 0.701. The van der Waals surface area contributed by atoms with Crippen molar-refractivity contribution in [1.82, 2.24) is 14.1 Å². The van der Waals surface area contributed by atoms with E-state index in [9.17, 15) is 8.42 Å². The number of aromatic nitrogens is 2. The summed E-state index contributed by atoms with van der Waals surface area (Å²) in [6.07, 6.45) is 3.39. The molecule has 0 saturated carbocycles. The van der Waals surface area contributed by atoms with E-state index in [2.05, 4.69) is 16.7 Å². The van der Waals surface area contributed by atoms with E-state index in [1.54, 1.807) is 7.05 Å². The van der Waals surface area contributed by atoms with Crippen LogP contribution in [0.4, 0.5) is 11.5 Å². The quantitative estimate of drug-likeness (QED) is 0.833. The van der Waals surface area contributed by atoms with E-state index < -0.39 is 10.2 Å². The van der Waals surface area contributed by atoms with E-state index >= 15 is 0 Å². The average molecular weight is 273 g/mol. The van der Waals surface area contributed by atoms with E-state index in [4.69, 9.17) is 5.73 Å². The SMILES string of the molecule is CC1CCCN(S(=O)(=O)Nc2c(N)cnn2C)C1. The highest BCUT2D eigenvalue weighted by atomic mass is 32.2. The maximum Gasteiger partial charge on any atom is 0.302 e. The van der Waals surface area contributed by atoms with Gasteiger partial charge in [-0.3, -0.25) is 9.40 Å². The summed E-state index contributed by atoms with van der Waals surface area (Å²) in [6, 6.07) is 0. The second kappa shape index (κ2) is 4.77. The Kier molecular flexibility index (Phi) is 3.49. The highest BCUT2D eigenvalue weighted by Gasteiger charge is 2.28. The molecule has 0 bridgehead atoms. The predicted octanol–water partition coefficient (Wildman–Crippen LogP) is 0.391. The second-order valence-corrected chi connectivity index (χ2v) is 6.46. The van der Waals surface area contributed by atoms with Gasteiger partial charge in [-0.25, -0.2) is 0 Å². The van der Waals surface area contributed by atoms with Gasteiger partial charge in [0.15, 0.2) is 5.82 Å². The molecule has 1 aliphatic heterocycles. The number of piperidine rings is 1. The van der Waals surface area contributed by atoms with Gasteiger partial charge in [-0.2, -0.15) is 17.8 Å². The van der Waals surface area contributed by atoms with Gasteiger partial charge in [0.2, 0.25) is 0 Å². The Labute approximate surface area is 107 Å². The van der Waals surface area contributed by atoms with Crippen LogP contribution < -0.4 is 10.5 Å². The van der Waals surface area contributed by atoms with E-state index in [1.807, 2.05) is 0 Å². The molecular weight excluding hydrogens is 254 g/mol. The van der Waals surface area contributed by atoms with Crippen LogP contribution in [0, 0.1) is 5.92 Å². The highest BCUT2D eigenvalue weighted by molar-refractivity contribution is 7.90. The molecule has 18 heavy (non-hydrogen) atoms. The Morgan fingerprint density at radius 2 is 2.28 bits per heavy atom. The number of nitrogens with two attached hydrogens (primary N) is 1. The molecule has 1 aromatic rings. The lowest BCUT2D eigenvalue weighted by molar-refractivity contribution is 0.282. The van der Waals surface area contributed by atoms with Crippen molar-refractivity contribution in [1.29, 1.82) is 0 Å². The maximum absolute atomic E-state index is 12.2. The highest BCUT2D eigenvalue weighted by Crippen LogP contribution is 2.22. The third-order valence-electron chi connectivity index (χ3n) is 3.15. The summed E-state index contributed by atoms with van der Waals surface area (Å²) in [5, 5.41) is 3.91. The molecule has 0 amide bonds. The summed E-state index contributed by atoms with van der Waals surface area (Å²) in [5.41, 5.74) is 6.00. The van der Waals surface area contributed by atoms with Crippen LogP contribution in [-0.4, -0.2) is 35.6 Å². The topological polar surface area (TPSA) is 93.2 Å². The fourth-order valence-corrected chi connectivity index (χ4v) is 3.57. The zero-order valence-electron chi connectivity index (χ0n) is 10.6. The molecule has 0 aromatic carbocycles. The molecule has 2 rings (SSSR count). The van der Waals surface area contributed by atoms with Gasteiger partial charge in [0.1, 0.15) is 0 Å². The number of nitrogens with zero attached hydrogens (tertiary/aromatic N) is 3. The molecule has 3 N–H and O–H groups in total. The van der Waals surface area contributed by atoms with Gasteiger partial charge in [0.05, 0.1) is 11.9 Å². The Hall–Kier alpha value is -1.28. The molecule has 1 fully saturated rings. The monoisotopic (exact) mass is 273 g/mol. The van der Waals surface area contributed by atoms with Crippen molar-refractivity contribution in [3.8, 4) is 0 Å². The van der Waals surface area contributed by atoms with Gasteiger partial charge in [-0.1, -0.05) is 6.92 Å². The van der Waals surface area contributed by atoms with Crippen molar-refractivity contribution < 1.29 is 8.42 Å². The van der Waals surface area contributed by atoms with Gasteiger partial charge < -0.3 is 5.73 Å². The smallest absolute Gasteiger partial charge is 0.302 e. The Bertz CT molecular complexity index is 505. The van der Waals surface area contributed by atoms with Crippen molar-refractivity contribution in [2.45, 2.75) is 19.8 Å². The molecule has 0 spiro atoms. The minimum atomic E-state index is -3.54. The van der Waals surface area contributed by atoms with Crippen LogP contribution in [0.5, 0.6) is 0 Å². The molecular formula is C10H19N5O2S. The molecule has 8 heteroatoms. The van der Waals surface area contributed by atoms with Crippen molar-refractivity contribution >= 4 is 21.7 Å². The number of nitrogen functional groups attached to an aromatic ring is 1. The van der Waals surface area contributed by atoms with E-state index in [0.29, 0.717) is 30.5 Å². The second-order valence-electron chi connectivity index (χ2n) is 4.78. The molecule has 1 atom stereocenters. The molecule has 102 valence electrons. The first-order valence-electron chi connectivity index (χ1n) is 5.95. The molecule has 1 saturated heterocycles. The molecule has 2 heterocycles. The lowest BCUT2D eigenvalue weighted by atomic mass is 10.0. The summed E-state index contributed by atoms with van der Waals surface area (Å²) in [6.45, 7) is 3.16. The van der Waals surface area contributed by atoms with E-state index in [1.165, 1.54) is 15.2 Å². The van der Waals surface area contributed by atoms with E-state index in [-0.39, 0.29) is 0 Å². The number of aryl methyl sites for hydroxylation is 1. The molecule has 1 aromatic heterocycles. The molecule has 1 unspecified atom stereocenters. The van der Waals surface area contributed by atoms with Crippen molar-refractivity contribution in [2.24, 2.45) is 13.0 Å². The largest absolute Gasteiger partial charge is 0.394 e. The standard InChI is InChI=1S/C10H19N5O2S/c1-8-4-3-5-15(7-8)18(16,17)13-10-9(11)6-12-14(10)2/h6,8,13H,3-5,7,11H2,1-2H3. The third-order valence-corrected chi connectivity index (χ3v) is 4.62. The van der Waals surface area contributed by atoms with Gasteiger partial charge in [0.25, 0.3) is 0 Å². The van der Waals surface area contributed by atoms with Gasteiger partial charge >= 0.3 is 10.2 Å². The van der Waals surface area contributed by atoms with Crippen molar-refractivity contribution in [3.05, 3.63) is 6.20 Å². The maximum atomic E-state index is 12.2. The van der Waals surface area contributed by atoms with Crippen LogP contribution in [0.15, 0.2) is 6.20 Å². The molecule has 1 aliphatic rings. The number of rotatable bonds is 3. The summed E-state index contributed by atoms with van der Waals surface area (Å²) < 4.78 is 29.8. The predicted molar refractivity (Wildman–Crippen MR) is 70.1 cm³/mol. The fourth-order valence-electron chi connectivity index (χ4n) is 2.13. The lowest BCUT2D eigenvalue weighted by Gasteiger charge is -2.30. The first-order chi connectivity index (χ1) is 8.40. The van der Waals surface area contributed by atoms with E-state index in [0.717, 1.165) is 12.8 Å². The third kappa shape index (κ3) is 2.59.